The van der Waals surface area contributed by atoms with Crippen LogP contribution in [0.5, 0.6) is 0 Å². The maximum atomic E-state index is 10.2. The maximum Gasteiger partial charge on any atom is 0.328 e. The van der Waals surface area contributed by atoms with Crippen LogP contribution in [0.25, 0.3) is 5.32 Å². The van der Waals surface area contributed by atoms with E-state index in [2.05, 4.69) is 5.32 Å². The van der Waals surface area contributed by atoms with Gasteiger partial charge in [0.05, 0.1) is 0 Å². The molecule has 0 aromatic carbocycles. The fourth-order valence-electron chi connectivity index (χ4n) is 1.31. The highest BCUT2D eigenvalue weighted by Gasteiger charge is 2.35. The normalized spacial score (nSPS) is 31.9. The Bertz CT molecular complexity index is 297. The predicted molar refractivity (Wildman–Crippen MR) is 49.7 cm³/mol. The summed E-state index contributed by atoms with van der Waals surface area (Å²) in [5, 5.41) is 31.4. The van der Waals surface area contributed by atoms with Crippen molar-refractivity contribution in [3.63, 3.8) is 0 Å². The van der Waals surface area contributed by atoms with Crippen LogP contribution in [-0.2, 0) is 4.79 Å². The lowest BCUT2D eigenvalue weighted by atomic mass is 9.98. The molecule has 1 rings (SSSR count). The highest BCUT2D eigenvalue weighted by molar-refractivity contribution is 5.80. The van der Waals surface area contributed by atoms with Gasteiger partial charge in [-0.05, 0) is 12.5 Å². The number of hydrogen-bond donors (Lipinski definition) is 3. The summed E-state index contributed by atoms with van der Waals surface area (Å²) in [6, 6.07) is 0. The molecule has 0 amide bonds. The summed E-state index contributed by atoms with van der Waals surface area (Å²) < 4.78 is 0. The Labute approximate surface area is 81.4 Å². The van der Waals surface area contributed by atoms with E-state index in [0.29, 0.717) is 5.70 Å². The third kappa shape index (κ3) is 2.12. The van der Waals surface area contributed by atoms with E-state index in [4.69, 9.17) is 5.11 Å². The van der Waals surface area contributed by atoms with E-state index < -0.39 is 17.7 Å². The van der Waals surface area contributed by atoms with E-state index in [9.17, 15) is 15.0 Å². The van der Waals surface area contributed by atoms with E-state index in [-0.39, 0.29) is 6.42 Å². The van der Waals surface area contributed by atoms with Crippen molar-refractivity contribution in [1.82, 2.24) is 0 Å². The van der Waals surface area contributed by atoms with E-state index in [1.54, 1.807) is 7.05 Å². The molecule has 14 heavy (non-hydrogen) atoms. The largest absolute Gasteiger partial charge is 0.690 e. The summed E-state index contributed by atoms with van der Waals surface area (Å²) in [6.45, 7) is 0. The average Bonchev–Trinajstić information content (AvgIpc) is 2.40. The highest BCUT2D eigenvalue weighted by atomic mass is 16.4. The van der Waals surface area contributed by atoms with Crippen LogP contribution in [-0.4, -0.2) is 40.0 Å². The summed E-state index contributed by atoms with van der Waals surface area (Å²) in [7, 11) is 1.55. The first-order valence-electron chi connectivity index (χ1n) is 4.11. The van der Waals surface area contributed by atoms with Crippen molar-refractivity contribution in [3.05, 3.63) is 29.2 Å². The zero-order valence-corrected chi connectivity index (χ0v) is 7.71. The van der Waals surface area contributed by atoms with Gasteiger partial charge in [-0.15, -0.1) is 7.05 Å². The molecule has 5 nitrogen and oxygen atoms in total. The number of carbonyl (C=O) groups is 1. The zero-order chi connectivity index (χ0) is 10.8. The first-order chi connectivity index (χ1) is 6.48. The van der Waals surface area contributed by atoms with Gasteiger partial charge in [-0.25, -0.2) is 4.79 Å². The Hall–Kier alpha value is -1.33. The predicted octanol–water partition coefficient (Wildman–Crippen LogP) is 0.0103. The van der Waals surface area contributed by atoms with Gasteiger partial charge in [0.1, 0.15) is 11.7 Å². The minimum absolute atomic E-state index is 0.133. The number of hydrogen-bond acceptors (Lipinski definition) is 3. The summed E-state index contributed by atoms with van der Waals surface area (Å²) in [5.74, 6) is -1.16. The fraction of sp³-hybridized carbons (Fsp3) is 0.444. The van der Waals surface area contributed by atoms with E-state index in [1.807, 2.05) is 0 Å². The molecule has 78 valence electrons. The van der Waals surface area contributed by atoms with Crippen LogP contribution in [0.1, 0.15) is 6.42 Å². The third-order valence-corrected chi connectivity index (χ3v) is 2.13. The monoisotopic (exact) mass is 198 g/mol. The first-order valence-corrected chi connectivity index (χ1v) is 4.11. The topological polar surface area (TPSA) is 91.9 Å². The number of rotatable bonds is 3. The van der Waals surface area contributed by atoms with Gasteiger partial charge >= 0.3 is 5.97 Å². The smallest absolute Gasteiger partial charge is 0.328 e. The zero-order valence-electron chi connectivity index (χ0n) is 7.71. The van der Waals surface area contributed by atoms with E-state index >= 15 is 0 Å². The Morgan fingerprint density at radius 1 is 1.79 bits per heavy atom. The molecule has 0 spiro atoms. The lowest BCUT2D eigenvalue weighted by molar-refractivity contribution is -0.131. The van der Waals surface area contributed by atoms with Gasteiger partial charge in [-0.2, -0.15) is 5.70 Å². The lowest BCUT2D eigenvalue weighted by Crippen LogP contribution is -2.35. The molecule has 0 heterocycles. The number of aliphatic carboxylic acids is 1. The van der Waals surface area contributed by atoms with Crippen LogP contribution < -0.4 is 0 Å². The van der Waals surface area contributed by atoms with Gasteiger partial charge in [-0.1, -0.05) is 6.08 Å². The van der Waals surface area contributed by atoms with Crippen LogP contribution in [0.3, 0.4) is 0 Å². The number of carboxylic acids is 1. The Morgan fingerprint density at radius 2 is 2.43 bits per heavy atom. The van der Waals surface area contributed by atoms with Crippen LogP contribution in [0.2, 0.25) is 0 Å². The van der Waals surface area contributed by atoms with Gasteiger partial charge in [-0.3, -0.25) is 0 Å². The van der Waals surface area contributed by atoms with E-state index in [1.165, 1.54) is 6.08 Å². The molecule has 0 saturated carbocycles. The molecule has 0 aromatic rings. The van der Waals surface area contributed by atoms with Crippen LogP contribution >= 0.6 is 0 Å². The van der Waals surface area contributed by atoms with Crippen molar-refractivity contribution in [1.29, 1.82) is 0 Å². The van der Waals surface area contributed by atoms with Crippen LogP contribution in [0.4, 0.5) is 0 Å². The number of carboxylic acid groups (broad SMARTS) is 1. The Morgan fingerprint density at radius 3 is 2.86 bits per heavy atom. The number of nitrogens with zero attached hydrogens (tertiary/aromatic N) is 1. The summed E-state index contributed by atoms with van der Waals surface area (Å²) in [4.78, 5) is 10.2. The Kier molecular flexibility index (Phi) is 2.93. The van der Waals surface area contributed by atoms with Crippen molar-refractivity contribution >= 4 is 5.97 Å². The molecule has 3 N–H and O–H groups in total. The standard InChI is InChI=1S/C9H12NO4/c1-10-6-4-7(11)9(14,5-6)3-2-8(12)13/h2-4,7,11,14H,5H2,1H3,(H,12,13)/q-1. The number of aliphatic hydroxyl groups excluding tert-OH is 1. The van der Waals surface area contributed by atoms with Crippen molar-refractivity contribution in [2.75, 3.05) is 7.05 Å². The highest BCUT2D eigenvalue weighted by Crippen LogP contribution is 2.32. The number of aliphatic hydroxyl groups is 2. The van der Waals surface area contributed by atoms with Crippen molar-refractivity contribution < 1.29 is 20.1 Å². The lowest BCUT2D eigenvalue weighted by Gasteiger charge is -2.24. The second kappa shape index (κ2) is 3.81. The van der Waals surface area contributed by atoms with Gasteiger partial charge in [0, 0.05) is 6.08 Å². The summed E-state index contributed by atoms with van der Waals surface area (Å²) in [5.41, 5.74) is -0.970. The molecule has 2 unspecified atom stereocenters. The average molecular weight is 198 g/mol. The molecule has 1 aliphatic rings. The second-order valence-electron chi connectivity index (χ2n) is 3.17. The second-order valence-corrected chi connectivity index (χ2v) is 3.17. The molecule has 0 radical (unpaired) electrons. The molecule has 0 aliphatic heterocycles. The fourth-order valence-corrected chi connectivity index (χ4v) is 1.31. The van der Waals surface area contributed by atoms with Gasteiger partial charge in [0.25, 0.3) is 0 Å². The molecule has 1 aliphatic carbocycles. The molecule has 0 bridgehead atoms. The minimum atomic E-state index is -1.53. The van der Waals surface area contributed by atoms with Gasteiger partial charge in [0.15, 0.2) is 0 Å². The molecule has 5 heteroatoms. The first kappa shape index (κ1) is 10.7. The molecule has 0 aromatic heterocycles. The summed E-state index contributed by atoms with van der Waals surface area (Å²) in [6.07, 6.45) is 2.34. The maximum absolute atomic E-state index is 10.2. The van der Waals surface area contributed by atoms with Gasteiger partial charge in [0.2, 0.25) is 0 Å². The van der Waals surface area contributed by atoms with Crippen molar-refractivity contribution in [2.24, 2.45) is 0 Å². The molecule has 0 fully saturated rings. The van der Waals surface area contributed by atoms with E-state index in [0.717, 1.165) is 12.2 Å². The Balaban J connectivity index is 2.75. The third-order valence-electron chi connectivity index (χ3n) is 2.13. The minimum Gasteiger partial charge on any atom is -0.690 e. The molecule has 0 saturated heterocycles. The summed E-state index contributed by atoms with van der Waals surface area (Å²) >= 11 is 0. The van der Waals surface area contributed by atoms with Crippen molar-refractivity contribution in [3.8, 4) is 0 Å². The van der Waals surface area contributed by atoms with Crippen LogP contribution in [0, 0.1) is 0 Å². The van der Waals surface area contributed by atoms with Crippen molar-refractivity contribution in [2.45, 2.75) is 18.1 Å². The quantitative estimate of drug-likeness (QED) is 0.557. The van der Waals surface area contributed by atoms with Crippen LogP contribution in [0.15, 0.2) is 23.9 Å². The molecular formula is C9H12NO4-. The molecule has 2 atom stereocenters. The SMILES string of the molecule is C[N-]C1=CC(O)C(O)(C=CC(=O)O)C1. The van der Waals surface area contributed by atoms with Gasteiger partial charge < -0.3 is 20.6 Å². The molecular weight excluding hydrogens is 186 g/mol.